The first-order chi connectivity index (χ1) is 54.5. The predicted molar refractivity (Wildman–Crippen MR) is 438 cm³/mol. The van der Waals surface area contributed by atoms with Crippen LogP contribution in [0, 0.1) is 58.2 Å². The van der Waals surface area contributed by atoms with E-state index in [9.17, 15) is 55.2 Å². The molecule has 4 aromatic rings. The number of carbonyl (C=O) groups excluding carboxylic acids is 8. The van der Waals surface area contributed by atoms with E-state index in [0.717, 1.165) is 12.8 Å². The summed E-state index contributed by atoms with van der Waals surface area (Å²) in [4.78, 5) is 127. The molecule has 0 spiro atoms. The molecular weight excluding hydrogens is 1570 g/mol. The van der Waals surface area contributed by atoms with Gasteiger partial charge in [0.15, 0.2) is 11.6 Å². The molecule has 4 aliphatic heterocycles. The van der Waals surface area contributed by atoms with Crippen LogP contribution in [0.3, 0.4) is 0 Å². The quantitative estimate of drug-likeness (QED) is 0.0419. The van der Waals surface area contributed by atoms with Crippen molar-refractivity contribution in [2.24, 2.45) is 58.2 Å². The molecule has 12 rings (SSSR count). The van der Waals surface area contributed by atoms with Gasteiger partial charge in [-0.15, -0.1) is 0 Å². The maximum absolute atomic E-state index is 15.0. The molecule has 636 valence electrons. The largest absolute Gasteiger partial charge is 0.475 e. The Morgan fingerprint density at radius 2 is 0.914 bits per heavy atom. The first kappa shape index (κ1) is 89.3. The number of aromatic nitrogens is 2. The van der Waals surface area contributed by atoms with Crippen LogP contribution < -0.4 is 28.4 Å². The number of esters is 2. The standard InChI is InChI=1S/2C43H58ClN3O10S/c2*1-26-11-8-9-12-28-23-43(28,40(51)46-58(52,53)42(6)15-16-42)24-35(48)34-20-29(25-47(34)39(50)31(27(2)19-26)22-37(49)57-41(3,4)5)56-38-30-13-10-14-33(44)32(30)21-36(45-38)55-18-17-54-7/h2*9-10,12-14,21,26-29,31,34H,8,11,15-20,22-25H2,1-7H3,(H,46,51)/b2*12-9-/t2*26-,27+,28+,29+,31-,34-,43+/m00/s1. The highest BCUT2D eigenvalue weighted by molar-refractivity contribution is 7.92. The number of carbonyl (C=O) groups is 8. The van der Waals surface area contributed by atoms with Crippen molar-refractivity contribution in [3.05, 3.63) is 82.9 Å². The minimum Gasteiger partial charge on any atom is -0.475 e. The summed E-state index contributed by atoms with van der Waals surface area (Å²) in [5, 5.41) is 3.39. The fourth-order valence-corrected chi connectivity index (χ4v) is 19.9. The SMILES string of the molecule is COCCOc1cc2c(Cl)cccc2c(O[C@@H]2C[C@H]3C(=O)C[C@]4(C(=O)NS(=O)(=O)C5(C)CC5)C[C@H]4/C=C\CC[C@H](C)C[C@@H](C)[C@H](CC(=O)OC(C)(C)C)C(=O)N3C2)n1.COCCOc1cc2c(Cl)cccc2c(O[C@@H]2C[C@H]3C(=O)C[C@]4(C(=O)NS(=O)(=O)C5(C)CC5)C[C@H]4/C=C\CC[C@H](C)C[C@@H](C)[C@H](CC(=O)OC(C)(C)C)C(=O)N3C2)n1. The lowest BCUT2D eigenvalue weighted by Crippen LogP contribution is -2.48. The average molecular weight is 1690 g/mol. The number of methoxy groups -OCH3 is 2. The maximum Gasteiger partial charge on any atom is 0.307 e. The van der Waals surface area contributed by atoms with Crippen molar-refractivity contribution in [3.8, 4) is 23.5 Å². The molecular formula is C86H116Cl2N6O20S2. The summed E-state index contributed by atoms with van der Waals surface area (Å²) < 4.78 is 102. The molecule has 116 heavy (non-hydrogen) atoms. The van der Waals surface area contributed by atoms with E-state index in [0.29, 0.717) is 109 Å². The lowest BCUT2D eigenvalue weighted by molar-refractivity contribution is -0.160. The Bertz CT molecular complexity index is 4380. The summed E-state index contributed by atoms with van der Waals surface area (Å²) in [5.41, 5.74) is -4.13. The minimum absolute atomic E-state index is 0.00388. The molecule has 2 aromatic carbocycles. The van der Waals surface area contributed by atoms with E-state index in [-0.39, 0.29) is 147 Å². The zero-order chi connectivity index (χ0) is 84.4. The number of ketones is 2. The van der Waals surface area contributed by atoms with Gasteiger partial charge in [0.2, 0.25) is 67.2 Å². The van der Waals surface area contributed by atoms with Gasteiger partial charge in [0, 0.05) is 83.6 Å². The number of pyridine rings is 2. The van der Waals surface area contributed by atoms with Crippen LogP contribution in [0.5, 0.6) is 23.5 Å². The fourth-order valence-electron chi connectivity index (χ4n) is 16.8. The molecule has 2 aromatic heterocycles. The smallest absolute Gasteiger partial charge is 0.307 e. The molecule has 14 atom stereocenters. The lowest BCUT2D eigenvalue weighted by atomic mass is 9.82. The number of fused-ring (bicyclic) bond motifs is 6. The molecule has 6 heterocycles. The average Bonchev–Trinajstić information content (AvgIpc) is 1.57. The van der Waals surface area contributed by atoms with Gasteiger partial charge in [-0.1, -0.05) is 87.3 Å². The Labute approximate surface area is 692 Å². The Morgan fingerprint density at radius 1 is 0.543 bits per heavy atom. The Morgan fingerprint density at radius 3 is 1.26 bits per heavy atom. The number of rotatable bonds is 22. The molecule has 2 saturated heterocycles. The topological polar surface area (TPSA) is 335 Å². The van der Waals surface area contributed by atoms with Crippen molar-refractivity contribution in [2.75, 3.05) is 53.7 Å². The van der Waals surface area contributed by atoms with Crippen LogP contribution in [0.2, 0.25) is 10.0 Å². The van der Waals surface area contributed by atoms with Gasteiger partial charge in [0.25, 0.3) is 0 Å². The first-order valence-corrected chi connectivity index (χ1v) is 44.6. The highest BCUT2D eigenvalue weighted by Gasteiger charge is 2.65. The number of halogens is 2. The summed E-state index contributed by atoms with van der Waals surface area (Å²) in [6.45, 7) is 23.1. The van der Waals surface area contributed by atoms with Gasteiger partial charge in [-0.2, -0.15) is 9.97 Å². The molecule has 4 amide bonds. The Balaban J connectivity index is 0.000000228. The van der Waals surface area contributed by atoms with Gasteiger partial charge in [-0.05, 0) is 192 Å². The zero-order valence-electron chi connectivity index (χ0n) is 69.4. The monoisotopic (exact) mass is 1690 g/mol. The van der Waals surface area contributed by atoms with Crippen LogP contribution >= 0.6 is 23.2 Å². The normalized spacial score (nSPS) is 29.3. The van der Waals surface area contributed by atoms with Crippen LogP contribution in [0.15, 0.2) is 72.8 Å². The van der Waals surface area contributed by atoms with Gasteiger partial charge in [0.05, 0.1) is 83.4 Å². The highest BCUT2D eigenvalue weighted by Crippen LogP contribution is 2.59. The van der Waals surface area contributed by atoms with Gasteiger partial charge >= 0.3 is 11.9 Å². The third-order valence-corrected chi connectivity index (χ3v) is 29.3. The molecule has 0 radical (unpaired) electrons. The minimum atomic E-state index is -3.97. The van der Waals surface area contributed by atoms with E-state index < -0.39 is 111 Å². The molecule has 2 N–H and O–H groups in total. The Kier molecular flexibility index (Phi) is 27.6. The lowest BCUT2D eigenvalue weighted by Gasteiger charge is -2.32. The molecule has 30 heteroatoms. The van der Waals surface area contributed by atoms with Crippen LogP contribution in [-0.2, 0) is 77.4 Å². The summed E-state index contributed by atoms with van der Waals surface area (Å²) in [6, 6.07) is 12.0. The molecule has 26 nitrogen and oxygen atoms in total. The second-order valence-corrected chi connectivity index (χ2v) is 41.5. The van der Waals surface area contributed by atoms with E-state index in [1.165, 1.54) is 9.80 Å². The molecule has 0 unspecified atom stereocenters. The van der Waals surface area contributed by atoms with E-state index in [2.05, 4.69) is 33.3 Å². The number of benzene rings is 2. The number of allylic oxidation sites excluding steroid dienone is 4. The third kappa shape index (κ3) is 21.2. The number of sulfonamides is 2. The van der Waals surface area contributed by atoms with Crippen molar-refractivity contribution in [3.63, 3.8) is 0 Å². The van der Waals surface area contributed by atoms with E-state index in [1.807, 2.05) is 50.3 Å². The van der Waals surface area contributed by atoms with Gasteiger partial charge in [-0.25, -0.2) is 16.8 Å². The highest BCUT2D eigenvalue weighted by atomic mass is 35.5. The van der Waals surface area contributed by atoms with Crippen LogP contribution in [0.4, 0.5) is 0 Å². The van der Waals surface area contributed by atoms with Crippen molar-refractivity contribution < 1.29 is 93.1 Å². The van der Waals surface area contributed by atoms with Crippen LogP contribution in [-0.4, -0.2) is 182 Å². The second kappa shape index (κ2) is 35.8. The second-order valence-electron chi connectivity index (χ2n) is 36.3. The molecule has 0 bridgehead atoms. The zero-order valence-corrected chi connectivity index (χ0v) is 72.5. The molecule has 4 saturated carbocycles. The molecule has 8 aliphatic rings. The summed E-state index contributed by atoms with van der Waals surface area (Å²) in [5.74, 6) is -5.46. The van der Waals surface area contributed by atoms with Crippen LogP contribution in [0.25, 0.3) is 21.5 Å². The number of nitrogens with zero attached hydrogens (tertiary/aromatic N) is 4. The number of hydrogen-bond donors (Lipinski definition) is 2. The van der Waals surface area contributed by atoms with Crippen molar-refractivity contribution in [1.82, 2.24) is 29.2 Å². The van der Waals surface area contributed by atoms with Gasteiger partial charge in [0.1, 0.15) is 36.6 Å². The van der Waals surface area contributed by atoms with Crippen molar-refractivity contribution >= 4 is 112 Å². The number of amides is 4. The van der Waals surface area contributed by atoms with Gasteiger partial charge in [-0.3, -0.25) is 47.8 Å². The number of Topliss-reactive ketones (excluding diaryl/α,β-unsaturated/α-hetero) is 2. The summed E-state index contributed by atoms with van der Waals surface area (Å²) in [7, 11) is -4.82. The van der Waals surface area contributed by atoms with E-state index >= 15 is 0 Å². The number of nitrogens with one attached hydrogen (secondary N) is 2. The van der Waals surface area contributed by atoms with Gasteiger partial charge < -0.3 is 47.7 Å². The van der Waals surface area contributed by atoms with E-state index in [1.54, 1.807) is 106 Å². The molecule has 4 aliphatic carbocycles. The van der Waals surface area contributed by atoms with Crippen molar-refractivity contribution in [2.45, 2.75) is 244 Å². The third-order valence-electron chi connectivity index (χ3n) is 24.4. The van der Waals surface area contributed by atoms with Crippen molar-refractivity contribution in [1.29, 1.82) is 0 Å². The van der Waals surface area contributed by atoms with Crippen LogP contribution in [0.1, 0.15) is 199 Å². The number of hydrogen-bond acceptors (Lipinski definition) is 22. The fraction of sp³-hybridized carbons (Fsp3) is 0.651. The predicted octanol–water partition coefficient (Wildman–Crippen LogP) is 13.2. The summed E-state index contributed by atoms with van der Waals surface area (Å²) >= 11 is 13.2. The van der Waals surface area contributed by atoms with E-state index in [4.69, 9.17) is 61.1 Å². The summed E-state index contributed by atoms with van der Waals surface area (Å²) in [6.07, 6.45) is 12.4. The number of ether oxygens (including phenoxy) is 8. The molecule has 6 fully saturated rings. The maximum atomic E-state index is 15.0. The Hall–Kier alpha value is -7.50. The first-order valence-electron chi connectivity index (χ1n) is 40.8.